The summed E-state index contributed by atoms with van der Waals surface area (Å²) in [6.45, 7) is 1.97. The van der Waals surface area contributed by atoms with Gasteiger partial charge in [-0.15, -0.1) is 0 Å². The summed E-state index contributed by atoms with van der Waals surface area (Å²) in [5.41, 5.74) is 10.3. The molecule has 1 aromatic heterocycles. The largest absolute Gasteiger partial charge is 0.399 e. The predicted octanol–water partition coefficient (Wildman–Crippen LogP) is 5.10. The van der Waals surface area contributed by atoms with Crippen molar-refractivity contribution in [3.63, 3.8) is 0 Å². The van der Waals surface area contributed by atoms with Gasteiger partial charge in [0.25, 0.3) is 0 Å². The molecule has 0 saturated heterocycles. The van der Waals surface area contributed by atoms with Crippen LogP contribution in [0.5, 0.6) is 0 Å². The Labute approximate surface area is 127 Å². The number of anilines is 1. The normalized spacial score (nSPS) is 10.9. The number of hydrogen-bond donors (Lipinski definition) is 1. The average molecular weight is 303 g/mol. The maximum Gasteiger partial charge on any atom is 0.0726 e. The van der Waals surface area contributed by atoms with Crippen molar-refractivity contribution in [1.82, 2.24) is 4.98 Å². The van der Waals surface area contributed by atoms with Crippen molar-refractivity contribution >= 4 is 39.8 Å². The van der Waals surface area contributed by atoms with E-state index < -0.39 is 0 Å². The minimum absolute atomic E-state index is 0.615. The van der Waals surface area contributed by atoms with E-state index in [9.17, 15) is 0 Å². The molecule has 0 aliphatic carbocycles. The molecule has 0 unspecified atom stereocenters. The predicted molar refractivity (Wildman–Crippen MR) is 86.3 cm³/mol. The van der Waals surface area contributed by atoms with Gasteiger partial charge in [0, 0.05) is 32.4 Å². The highest BCUT2D eigenvalue weighted by Crippen LogP contribution is 2.31. The first-order valence-corrected chi connectivity index (χ1v) is 6.92. The number of aromatic nitrogens is 1. The van der Waals surface area contributed by atoms with Crippen LogP contribution in [0.1, 0.15) is 5.69 Å². The Morgan fingerprint density at radius 2 is 1.65 bits per heavy atom. The van der Waals surface area contributed by atoms with Gasteiger partial charge in [0.05, 0.1) is 5.52 Å². The summed E-state index contributed by atoms with van der Waals surface area (Å²) in [6, 6.07) is 13.3. The molecule has 2 aromatic carbocycles. The molecule has 0 spiro atoms. The van der Waals surface area contributed by atoms with E-state index in [4.69, 9.17) is 28.9 Å². The van der Waals surface area contributed by atoms with Crippen LogP contribution in [0.2, 0.25) is 10.0 Å². The van der Waals surface area contributed by atoms with Gasteiger partial charge in [0.15, 0.2) is 0 Å². The van der Waals surface area contributed by atoms with E-state index in [-0.39, 0.29) is 0 Å². The topological polar surface area (TPSA) is 38.9 Å². The van der Waals surface area contributed by atoms with E-state index in [1.165, 1.54) is 0 Å². The number of fused-ring (bicyclic) bond motifs is 1. The molecule has 4 heteroatoms. The van der Waals surface area contributed by atoms with Gasteiger partial charge in [0.1, 0.15) is 0 Å². The summed E-state index contributed by atoms with van der Waals surface area (Å²) < 4.78 is 0. The number of benzene rings is 2. The van der Waals surface area contributed by atoms with Crippen LogP contribution in [0.3, 0.4) is 0 Å². The van der Waals surface area contributed by atoms with Gasteiger partial charge in [-0.05, 0) is 48.9 Å². The molecule has 1 heterocycles. The quantitative estimate of drug-likeness (QED) is 0.635. The van der Waals surface area contributed by atoms with Crippen molar-refractivity contribution in [2.24, 2.45) is 0 Å². The van der Waals surface area contributed by atoms with Crippen molar-refractivity contribution in [3.05, 3.63) is 58.2 Å². The van der Waals surface area contributed by atoms with Crippen LogP contribution < -0.4 is 5.73 Å². The molecule has 100 valence electrons. The minimum Gasteiger partial charge on any atom is -0.399 e. The van der Waals surface area contributed by atoms with Crippen molar-refractivity contribution in [1.29, 1.82) is 0 Å². The van der Waals surface area contributed by atoms with Gasteiger partial charge in [0.2, 0.25) is 0 Å². The number of nitrogens with zero attached hydrogens (tertiary/aromatic N) is 1. The third-order valence-corrected chi connectivity index (χ3v) is 3.64. The molecule has 0 radical (unpaired) electrons. The minimum atomic E-state index is 0.615. The van der Waals surface area contributed by atoms with Crippen molar-refractivity contribution < 1.29 is 0 Å². The highest BCUT2D eigenvalue weighted by atomic mass is 35.5. The standard InChI is InChI=1S/C16H12Cl2N2/c1-9-15(11-4-12(17)7-13(18)5-11)6-10-2-3-14(19)8-16(10)20-9/h2-8H,19H2,1H3. The molecule has 0 bridgehead atoms. The molecular formula is C16H12Cl2N2. The fourth-order valence-electron chi connectivity index (χ4n) is 2.28. The lowest BCUT2D eigenvalue weighted by Gasteiger charge is -2.09. The number of pyridine rings is 1. The zero-order chi connectivity index (χ0) is 14.3. The van der Waals surface area contributed by atoms with Gasteiger partial charge >= 0.3 is 0 Å². The summed E-state index contributed by atoms with van der Waals surface area (Å²) in [5.74, 6) is 0. The van der Waals surface area contributed by atoms with Crippen LogP contribution in [0.15, 0.2) is 42.5 Å². The third kappa shape index (κ3) is 2.45. The Hall–Kier alpha value is -1.77. The first kappa shape index (κ1) is 13.2. The van der Waals surface area contributed by atoms with E-state index in [2.05, 4.69) is 11.1 Å². The van der Waals surface area contributed by atoms with E-state index in [0.29, 0.717) is 15.7 Å². The zero-order valence-electron chi connectivity index (χ0n) is 10.8. The lowest BCUT2D eigenvalue weighted by molar-refractivity contribution is 1.26. The Bertz CT molecular complexity index is 793. The van der Waals surface area contributed by atoms with Crippen molar-refractivity contribution in [2.75, 3.05) is 5.73 Å². The molecule has 0 saturated carbocycles. The van der Waals surface area contributed by atoms with Gasteiger partial charge in [-0.2, -0.15) is 0 Å². The summed E-state index contributed by atoms with van der Waals surface area (Å²) in [7, 11) is 0. The monoisotopic (exact) mass is 302 g/mol. The second kappa shape index (κ2) is 4.97. The fraction of sp³-hybridized carbons (Fsp3) is 0.0625. The van der Waals surface area contributed by atoms with Gasteiger partial charge < -0.3 is 5.73 Å². The van der Waals surface area contributed by atoms with Crippen molar-refractivity contribution in [3.8, 4) is 11.1 Å². The number of rotatable bonds is 1. The molecule has 2 N–H and O–H groups in total. The maximum atomic E-state index is 6.07. The Morgan fingerprint density at radius 3 is 2.35 bits per heavy atom. The molecule has 2 nitrogen and oxygen atoms in total. The van der Waals surface area contributed by atoms with Gasteiger partial charge in [-0.25, -0.2) is 0 Å². The summed E-state index contributed by atoms with van der Waals surface area (Å²) >= 11 is 12.1. The molecule has 0 fully saturated rings. The number of nitrogen functional groups attached to an aromatic ring is 1. The van der Waals surface area contributed by atoms with E-state index in [1.54, 1.807) is 6.07 Å². The third-order valence-electron chi connectivity index (χ3n) is 3.21. The molecule has 3 rings (SSSR count). The fourth-order valence-corrected chi connectivity index (χ4v) is 2.81. The summed E-state index contributed by atoms with van der Waals surface area (Å²) in [5, 5.41) is 2.27. The highest BCUT2D eigenvalue weighted by molar-refractivity contribution is 6.35. The van der Waals surface area contributed by atoms with E-state index >= 15 is 0 Å². The van der Waals surface area contributed by atoms with Crippen LogP contribution in [0, 0.1) is 6.92 Å². The van der Waals surface area contributed by atoms with Crippen LogP contribution in [0.25, 0.3) is 22.0 Å². The maximum absolute atomic E-state index is 6.07. The molecular weight excluding hydrogens is 291 g/mol. The Morgan fingerprint density at radius 1 is 0.950 bits per heavy atom. The van der Waals surface area contributed by atoms with Gasteiger partial charge in [-0.3, -0.25) is 4.98 Å². The highest BCUT2D eigenvalue weighted by Gasteiger charge is 2.08. The lowest BCUT2D eigenvalue weighted by Crippen LogP contribution is -1.91. The molecule has 0 amide bonds. The van der Waals surface area contributed by atoms with Crippen LogP contribution in [-0.2, 0) is 0 Å². The molecule has 3 aromatic rings. The molecule has 20 heavy (non-hydrogen) atoms. The van der Waals surface area contributed by atoms with Crippen LogP contribution in [-0.4, -0.2) is 4.98 Å². The second-order valence-corrected chi connectivity index (χ2v) is 5.60. The number of nitrogens with two attached hydrogens (primary N) is 1. The number of hydrogen-bond acceptors (Lipinski definition) is 2. The number of aryl methyl sites for hydroxylation is 1. The van der Waals surface area contributed by atoms with E-state index in [0.717, 1.165) is 27.7 Å². The zero-order valence-corrected chi connectivity index (χ0v) is 12.3. The second-order valence-electron chi connectivity index (χ2n) is 4.73. The van der Waals surface area contributed by atoms with Gasteiger partial charge in [-0.1, -0.05) is 29.3 Å². The first-order chi connectivity index (χ1) is 9.52. The van der Waals surface area contributed by atoms with E-state index in [1.807, 2.05) is 37.3 Å². The smallest absolute Gasteiger partial charge is 0.0726 e. The van der Waals surface area contributed by atoms with Crippen molar-refractivity contribution in [2.45, 2.75) is 6.92 Å². The molecule has 0 atom stereocenters. The Balaban J connectivity index is 2.25. The SMILES string of the molecule is Cc1nc2cc(N)ccc2cc1-c1cc(Cl)cc(Cl)c1. The summed E-state index contributed by atoms with van der Waals surface area (Å²) in [6.07, 6.45) is 0. The molecule has 0 aliphatic heterocycles. The van der Waals surface area contributed by atoms with Crippen LogP contribution in [0.4, 0.5) is 5.69 Å². The first-order valence-electron chi connectivity index (χ1n) is 6.16. The molecule has 0 aliphatic rings. The summed E-state index contributed by atoms with van der Waals surface area (Å²) in [4.78, 5) is 4.61. The number of halogens is 2. The lowest BCUT2D eigenvalue weighted by atomic mass is 10.0. The average Bonchev–Trinajstić information content (AvgIpc) is 2.36. The van der Waals surface area contributed by atoms with Crippen LogP contribution >= 0.6 is 23.2 Å². The Kier molecular flexibility index (Phi) is 3.28.